The molecule has 126 valence electrons. The van der Waals surface area contributed by atoms with E-state index in [0.717, 1.165) is 16.0 Å². The number of hydrogen-bond acceptors (Lipinski definition) is 7. The second kappa shape index (κ2) is 5.82. The zero-order valence-electron chi connectivity index (χ0n) is 13.8. The molecule has 0 aliphatic carbocycles. The van der Waals surface area contributed by atoms with Crippen LogP contribution in [-0.4, -0.2) is 28.1 Å². The predicted octanol–water partition coefficient (Wildman–Crippen LogP) is 3.71. The average molecular weight is 354 g/mol. The van der Waals surface area contributed by atoms with E-state index in [9.17, 15) is 4.79 Å². The summed E-state index contributed by atoms with van der Waals surface area (Å²) < 4.78 is 11.3. The molecule has 0 unspecified atom stereocenters. The minimum absolute atomic E-state index is 0.271. The van der Waals surface area contributed by atoms with Crippen LogP contribution in [0.15, 0.2) is 28.8 Å². The summed E-state index contributed by atoms with van der Waals surface area (Å²) in [5.41, 5.74) is 2.94. The Labute approximate surface area is 146 Å². The number of aryl methyl sites for hydroxylation is 2. The van der Waals surface area contributed by atoms with Crippen molar-refractivity contribution >= 4 is 43.7 Å². The molecule has 1 N–H and O–H groups in total. The Morgan fingerprint density at radius 1 is 1.24 bits per heavy atom. The summed E-state index contributed by atoms with van der Waals surface area (Å²) in [6, 6.07) is 7.31. The quantitative estimate of drug-likeness (QED) is 0.603. The van der Waals surface area contributed by atoms with E-state index in [2.05, 4.69) is 20.4 Å². The Bertz CT molecular complexity index is 1120. The number of ether oxygens (including phenoxy) is 1. The molecular formula is C17H14N4O3S. The van der Waals surface area contributed by atoms with Gasteiger partial charge in [0.25, 0.3) is 11.6 Å². The Morgan fingerprint density at radius 2 is 2.08 bits per heavy atom. The first-order valence-corrected chi connectivity index (χ1v) is 8.36. The van der Waals surface area contributed by atoms with E-state index >= 15 is 0 Å². The lowest BCUT2D eigenvalue weighted by Gasteiger charge is -2.04. The lowest BCUT2D eigenvalue weighted by molar-refractivity contribution is 0.102. The third-order valence-electron chi connectivity index (χ3n) is 3.81. The van der Waals surface area contributed by atoms with Crippen molar-refractivity contribution in [3.05, 3.63) is 41.2 Å². The molecule has 0 aliphatic heterocycles. The predicted molar refractivity (Wildman–Crippen MR) is 95.4 cm³/mol. The first-order chi connectivity index (χ1) is 12.0. The van der Waals surface area contributed by atoms with Gasteiger partial charge in [-0.25, -0.2) is 9.97 Å². The highest BCUT2D eigenvalue weighted by Crippen LogP contribution is 2.30. The molecule has 0 saturated heterocycles. The van der Waals surface area contributed by atoms with Crippen molar-refractivity contribution in [3.8, 4) is 5.75 Å². The number of carbonyl (C=O) groups excluding carboxylic acids is 1. The molecule has 0 aliphatic rings. The summed E-state index contributed by atoms with van der Waals surface area (Å²) >= 11 is 1.39. The molecule has 7 nitrogen and oxygen atoms in total. The molecular weight excluding hydrogens is 340 g/mol. The molecule has 25 heavy (non-hydrogen) atoms. The maximum absolute atomic E-state index is 12.8. The number of anilines is 1. The van der Waals surface area contributed by atoms with E-state index in [1.54, 1.807) is 27.0 Å². The van der Waals surface area contributed by atoms with Crippen LogP contribution in [0.3, 0.4) is 0 Å². The van der Waals surface area contributed by atoms with Crippen LogP contribution in [-0.2, 0) is 0 Å². The average Bonchev–Trinajstić information content (AvgIpc) is 3.16. The minimum Gasteiger partial charge on any atom is -0.497 e. The fraction of sp³-hybridized carbons (Fsp3) is 0.176. The number of rotatable bonds is 3. The zero-order chi connectivity index (χ0) is 17.6. The Balaban J connectivity index is 1.72. The monoisotopic (exact) mass is 354 g/mol. The van der Waals surface area contributed by atoms with Crippen molar-refractivity contribution < 1.29 is 14.1 Å². The standard InChI is InChI=1S/C17H14N4O3S/c1-8-6-11(14-9(2)21-24-16(14)18-8)15(22)20-17-19-12-5-4-10(23-3)7-13(12)25-17/h4-7H,1-3H3,(H,19,20,22). The number of nitrogens with zero attached hydrogens (tertiary/aromatic N) is 3. The van der Waals surface area contributed by atoms with Crippen LogP contribution in [0.1, 0.15) is 21.7 Å². The topological polar surface area (TPSA) is 90.1 Å². The molecule has 4 aromatic rings. The summed E-state index contributed by atoms with van der Waals surface area (Å²) in [5.74, 6) is 0.480. The van der Waals surface area contributed by atoms with E-state index in [0.29, 0.717) is 33.2 Å². The fourth-order valence-corrected chi connectivity index (χ4v) is 3.54. The third kappa shape index (κ3) is 2.70. The molecule has 3 aromatic heterocycles. The van der Waals surface area contributed by atoms with Crippen molar-refractivity contribution in [3.63, 3.8) is 0 Å². The summed E-state index contributed by atoms with van der Waals surface area (Å²) in [7, 11) is 1.61. The van der Waals surface area contributed by atoms with Crippen LogP contribution in [0.25, 0.3) is 21.3 Å². The SMILES string of the molecule is COc1ccc2nc(NC(=O)c3cc(C)nc4onc(C)c34)sc2c1. The Morgan fingerprint density at radius 3 is 2.88 bits per heavy atom. The lowest BCUT2D eigenvalue weighted by atomic mass is 10.1. The Kier molecular flexibility index (Phi) is 3.61. The van der Waals surface area contributed by atoms with Gasteiger partial charge in [0.15, 0.2) is 5.13 Å². The van der Waals surface area contributed by atoms with Gasteiger partial charge in [0.1, 0.15) is 5.75 Å². The fourth-order valence-electron chi connectivity index (χ4n) is 2.65. The van der Waals surface area contributed by atoms with Gasteiger partial charge in [-0.15, -0.1) is 0 Å². The van der Waals surface area contributed by atoms with Crippen LogP contribution in [0, 0.1) is 13.8 Å². The molecule has 0 fully saturated rings. The lowest BCUT2D eigenvalue weighted by Crippen LogP contribution is -2.13. The van der Waals surface area contributed by atoms with Gasteiger partial charge in [-0.1, -0.05) is 16.5 Å². The first kappa shape index (κ1) is 15.5. The molecule has 0 spiro atoms. The van der Waals surface area contributed by atoms with Gasteiger partial charge in [0.05, 0.1) is 34.0 Å². The number of fused-ring (bicyclic) bond motifs is 2. The zero-order valence-corrected chi connectivity index (χ0v) is 14.6. The summed E-state index contributed by atoms with van der Waals surface area (Å²) in [5, 5.41) is 7.88. The third-order valence-corrected chi connectivity index (χ3v) is 4.74. The second-order valence-corrected chi connectivity index (χ2v) is 6.60. The van der Waals surface area contributed by atoms with E-state index < -0.39 is 0 Å². The molecule has 1 aromatic carbocycles. The molecule has 4 rings (SSSR count). The second-order valence-electron chi connectivity index (χ2n) is 5.57. The number of pyridine rings is 1. The van der Waals surface area contributed by atoms with Crippen LogP contribution in [0.4, 0.5) is 5.13 Å². The molecule has 0 saturated carbocycles. The molecule has 0 radical (unpaired) electrons. The smallest absolute Gasteiger partial charge is 0.258 e. The van der Waals surface area contributed by atoms with Crippen LogP contribution < -0.4 is 10.1 Å². The number of thiazole rings is 1. The number of hydrogen-bond donors (Lipinski definition) is 1. The Hall–Kier alpha value is -3.00. The summed E-state index contributed by atoms with van der Waals surface area (Å²) in [6.45, 7) is 3.58. The van der Waals surface area contributed by atoms with Gasteiger partial charge in [-0.3, -0.25) is 10.1 Å². The highest BCUT2D eigenvalue weighted by atomic mass is 32.1. The van der Waals surface area contributed by atoms with E-state index in [1.165, 1.54) is 11.3 Å². The summed E-state index contributed by atoms with van der Waals surface area (Å²) in [6.07, 6.45) is 0. The summed E-state index contributed by atoms with van der Waals surface area (Å²) in [4.78, 5) is 21.5. The number of amides is 1. The molecule has 8 heteroatoms. The van der Waals surface area contributed by atoms with Gasteiger partial charge in [-0.2, -0.15) is 0 Å². The van der Waals surface area contributed by atoms with Gasteiger partial charge >= 0.3 is 0 Å². The van der Waals surface area contributed by atoms with E-state index in [1.807, 2.05) is 18.2 Å². The molecule has 3 heterocycles. The van der Waals surface area contributed by atoms with Crippen LogP contribution >= 0.6 is 11.3 Å². The molecule has 0 atom stereocenters. The maximum Gasteiger partial charge on any atom is 0.258 e. The number of benzene rings is 1. The highest BCUT2D eigenvalue weighted by Gasteiger charge is 2.19. The van der Waals surface area contributed by atoms with Gasteiger partial charge in [0.2, 0.25) is 0 Å². The van der Waals surface area contributed by atoms with Gasteiger partial charge in [0, 0.05) is 5.69 Å². The number of nitrogens with one attached hydrogen (secondary N) is 1. The number of methoxy groups -OCH3 is 1. The van der Waals surface area contributed by atoms with E-state index in [-0.39, 0.29) is 5.91 Å². The molecule has 1 amide bonds. The number of aromatic nitrogens is 3. The van der Waals surface area contributed by atoms with Crippen molar-refractivity contribution in [1.29, 1.82) is 0 Å². The van der Waals surface area contributed by atoms with Gasteiger partial charge in [-0.05, 0) is 38.1 Å². The van der Waals surface area contributed by atoms with E-state index in [4.69, 9.17) is 9.26 Å². The highest BCUT2D eigenvalue weighted by molar-refractivity contribution is 7.22. The van der Waals surface area contributed by atoms with Crippen molar-refractivity contribution in [2.75, 3.05) is 12.4 Å². The van der Waals surface area contributed by atoms with Crippen molar-refractivity contribution in [2.45, 2.75) is 13.8 Å². The first-order valence-electron chi connectivity index (χ1n) is 7.54. The maximum atomic E-state index is 12.8. The van der Waals surface area contributed by atoms with Crippen molar-refractivity contribution in [1.82, 2.24) is 15.1 Å². The van der Waals surface area contributed by atoms with Crippen LogP contribution in [0.2, 0.25) is 0 Å². The van der Waals surface area contributed by atoms with Crippen LogP contribution in [0.5, 0.6) is 5.75 Å². The largest absolute Gasteiger partial charge is 0.497 e. The van der Waals surface area contributed by atoms with Gasteiger partial charge < -0.3 is 9.26 Å². The minimum atomic E-state index is -0.271. The molecule has 0 bridgehead atoms. The normalized spacial score (nSPS) is 11.2. The van der Waals surface area contributed by atoms with Crippen molar-refractivity contribution in [2.24, 2.45) is 0 Å². The number of carbonyl (C=O) groups is 1.